The monoisotopic (exact) mass is 270 g/mol. The second-order valence-electron chi connectivity index (χ2n) is 4.63. The Morgan fingerprint density at radius 3 is 2.83 bits per heavy atom. The number of nitrogens with zero attached hydrogens (tertiary/aromatic N) is 2. The van der Waals surface area contributed by atoms with Gasteiger partial charge in [0.15, 0.2) is 0 Å². The average Bonchev–Trinajstić information content (AvgIpc) is 2.26. The highest BCUT2D eigenvalue weighted by atomic mass is 35.5. The summed E-state index contributed by atoms with van der Waals surface area (Å²) in [6.45, 7) is 4.96. The second kappa shape index (κ2) is 6.44. The molecular weight excluding hydrogens is 252 g/mol. The van der Waals surface area contributed by atoms with E-state index >= 15 is 0 Å². The van der Waals surface area contributed by atoms with Crippen LogP contribution in [0.2, 0.25) is 5.02 Å². The summed E-state index contributed by atoms with van der Waals surface area (Å²) in [5.41, 5.74) is 6.07. The smallest absolute Gasteiger partial charge is 0.239 e. The maximum atomic E-state index is 11.7. The van der Waals surface area contributed by atoms with Crippen molar-refractivity contribution in [2.75, 3.05) is 30.8 Å². The molecule has 5 nitrogen and oxygen atoms in total. The topological polar surface area (TPSA) is 71.2 Å². The second-order valence-corrected chi connectivity index (χ2v) is 5.04. The normalized spacial score (nSPS) is 10.5. The number of nitrogens with one attached hydrogen (secondary N) is 1. The van der Waals surface area contributed by atoms with E-state index in [4.69, 9.17) is 17.3 Å². The van der Waals surface area contributed by atoms with Crippen molar-refractivity contribution in [2.24, 2.45) is 5.92 Å². The molecule has 0 saturated carbocycles. The van der Waals surface area contributed by atoms with Crippen molar-refractivity contribution in [1.82, 2.24) is 10.3 Å². The zero-order valence-electron chi connectivity index (χ0n) is 10.9. The average molecular weight is 271 g/mol. The van der Waals surface area contributed by atoms with Gasteiger partial charge in [-0.3, -0.25) is 4.79 Å². The Bertz CT molecular complexity index is 423. The maximum Gasteiger partial charge on any atom is 0.239 e. The van der Waals surface area contributed by atoms with Crippen LogP contribution in [0.1, 0.15) is 13.8 Å². The van der Waals surface area contributed by atoms with Crippen LogP contribution in [-0.2, 0) is 4.79 Å². The Morgan fingerprint density at radius 1 is 1.61 bits per heavy atom. The molecule has 18 heavy (non-hydrogen) atoms. The van der Waals surface area contributed by atoms with Crippen LogP contribution in [0.5, 0.6) is 0 Å². The minimum atomic E-state index is -0.0547. The van der Waals surface area contributed by atoms with Crippen LogP contribution >= 0.6 is 11.6 Å². The lowest BCUT2D eigenvalue weighted by Gasteiger charge is -2.19. The van der Waals surface area contributed by atoms with Crippen molar-refractivity contribution >= 4 is 29.0 Å². The number of likely N-dealkylation sites (N-methyl/N-ethyl adjacent to an activating group) is 1. The molecule has 0 aliphatic heterocycles. The predicted octanol–water partition coefficient (Wildman–Crippen LogP) is 1.53. The van der Waals surface area contributed by atoms with Gasteiger partial charge in [0, 0.05) is 13.6 Å². The summed E-state index contributed by atoms with van der Waals surface area (Å²) in [6.07, 6.45) is 1.52. The van der Waals surface area contributed by atoms with Gasteiger partial charge in [0.05, 0.1) is 23.5 Å². The van der Waals surface area contributed by atoms with Gasteiger partial charge in [-0.1, -0.05) is 25.4 Å². The van der Waals surface area contributed by atoms with Gasteiger partial charge in [-0.15, -0.1) is 0 Å². The third-order valence-corrected chi connectivity index (χ3v) is 2.57. The minimum absolute atomic E-state index is 0.0547. The van der Waals surface area contributed by atoms with Crippen molar-refractivity contribution in [2.45, 2.75) is 13.8 Å². The summed E-state index contributed by atoms with van der Waals surface area (Å²) in [5.74, 6) is 0.920. The Morgan fingerprint density at radius 2 is 2.28 bits per heavy atom. The molecule has 3 N–H and O–H groups in total. The molecule has 0 spiro atoms. The van der Waals surface area contributed by atoms with Gasteiger partial charge >= 0.3 is 0 Å². The molecule has 6 heteroatoms. The molecule has 0 saturated heterocycles. The number of halogens is 1. The van der Waals surface area contributed by atoms with Gasteiger partial charge in [-0.25, -0.2) is 4.98 Å². The molecule has 0 unspecified atom stereocenters. The molecule has 1 heterocycles. The van der Waals surface area contributed by atoms with Crippen LogP contribution < -0.4 is 16.0 Å². The third-order valence-electron chi connectivity index (χ3n) is 2.29. The number of hydrogen-bond acceptors (Lipinski definition) is 4. The molecule has 1 aromatic heterocycles. The van der Waals surface area contributed by atoms with E-state index in [-0.39, 0.29) is 12.5 Å². The third kappa shape index (κ3) is 4.41. The molecule has 0 fully saturated rings. The fraction of sp³-hybridized carbons (Fsp3) is 0.500. The molecule has 1 rings (SSSR count). The van der Waals surface area contributed by atoms with Gasteiger partial charge in [-0.05, 0) is 12.0 Å². The van der Waals surface area contributed by atoms with E-state index in [0.717, 1.165) is 0 Å². The van der Waals surface area contributed by atoms with Gasteiger partial charge in [0.25, 0.3) is 0 Å². The predicted molar refractivity (Wildman–Crippen MR) is 74.8 cm³/mol. The SMILES string of the molecule is CC(C)CNC(=O)CN(C)c1ncc(N)cc1Cl. The summed E-state index contributed by atoms with van der Waals surface area (Å²) in [4.78, 5) is 17.5. The number of pyridine rings is 1. The first-order valence-corrected chi connectivity index (χ1v) is 6.16. The van der Waals surface area contributed by atoms with Crippen LogP contribution in [0.15, 0.2) is 12.3 Å². The minimum Gasteiger partial charge on any atom is -0.397 e. The first-order chi connectivity index (χ1) is 8.40. The molecule has 0 atom stereocenters. The van der Waals surface area contributed by atoms with E-state index in [9.17, 15) is 4.79 Å². The van der Waals surface area contributed by atoms with Crippen molar-refractivity contribution in [1.29, 1.82) is 0 Å². The number of nitrogen functional groups attached to an aromatic ring is 1. The highest BCUT2D eigenvalue weighted by Crippen LogP contribution is 2.23. The number of carbonyl (C=O) groups is 1. The summed E-state index contributed by atoms with van der Waals surface area (Å²) < 4.78 is 0. The lowest BCUT2D eigenvalue weighted by molar-refractivity contribution is -0.119. The van der Waals surface area contributed by atoms with Crippen LogP contribution in [0.25, 0.3) is 0 Å². The quantitative estimate of drug-likeness (QED) is 0.851. The molecule has 0 bridgehead atoms. The van der Waals surface area contributed by atoms with Crippen LogP contribution in [0.3, 0.4) is 0 Å². The lowest BCUT2D eigenvalue weighted by atomic mass is 10.2. The summed E-state index contributed by atoms with van der Waals surface area (Å²) in [5, 5.41) is 3.28. The fourth-order valence-electron chi connectivity index (χ4n) is 1.39. The number of anilines is 2. The number of nitrogens with two attached hydrogens (primary N) is 1. The van der Waals surface area contributed by atoms with E-state index in [2.05, 4.69) is 10.3 Å². The molecule has 0 aromatic carbocycles. The van der Waals surface area contributed by atoms with Gasteiger partial charge in [-0.2, -0.15) is 0 Å². The van der Waals surface area contributed by atoms with E-state index in [1.807, 2.05) is 13.8 Å². The molecule has 0 aliphatic carbocycles. The van der Waals surface area contributed by atoms with Crippen LogP contribution in [0.4, 0.5) is 11.5 Å². The van der Waals surface area contributed by atoms with Crippen LogP contribution in [-0.4, -0.2) is 31.0 Å². The van der Waals surface area contributed by atoms with Crippen molar-refractivity contribution < 1.29 is 4.79 Å². The van der Waals surface area contributed by atoms with Crippen molar-refractivity contribution in [3.05, 3.63) is 17.3 Å². The van der Waals surface area contributed by atoms with Gasteiger partial charge in [0.1, 0.15) is 5.82 Å². The molecular formula is C12H19ClN4O. The zero-order valence-corrected chi connectivity index (χ0v) is 11.7. The Kier molecular flexibility index (Phi) is 5.22. The molecule has 100 valence electrons. The number of hydrogen-bond donors (Lipinski definition) is 2. The number of carbonyl (C=O) groups excluding carboxylic acids is 1. The van der Waals surface area contributed by atoms with Gasteiger partial charge in [0.2, 0.25) is 5.91 Å². The lowest BCUT2D eigenvalue weighted by Crippen LogP contribution is -2.37. The standard InChI is InChI=1S/C12H19ClN4O/c1-8(2)5-15-11(18)7-17(3)12-10(13)4-9(14)6-16-12/h4,6,8H,5,7,14H2,1-3H3,(H,15,18). The Hall–Kier alpha value is -1.49. The number of rotatable bonds is 5. The highest BCUT2D eigenvalue weighted by molar-refractivity contribution is 6.33. The Balaban J connectivity index is 2.59. The summed E-state index contributed by atoms with van der Waals surface area (Å²) in [7, 11) is 1.76. The first-order valence-electron chi connectivity index (χ1n) is 5.79. The number of amides is 1. The summed E-state index contributed by atoms with van der Waals surface area (Å²) in [6, 6.07) is 1.62. The van der Waals surface area contributed by atoms with Gasteiger partial charge < -0.3 is 16.0 Å². The number of aromatic nitrogens is 1. The van der Waals surface area contributed by atoms with E-state index in [0.29, 0.717) is 29.0 Å². The molecule has 1 amide bonds. The van der Waals surface area contributed by atoms with E-state index in [1.165, 1.54) is 6.20 Å². The largest absolute Gasteiger partial charge is 0.397 e. The Labute approximate surface area is 112 Å². The fourth-order valence-corrected chi connectivity index (χ4v) is 1.71. The van der Waals surface area contributed by atoms with E-state index in [1.54, 1.807) is 18.0 Å². The molecule has 1 aromatic rings. The first kappa shape index (κ1) is 14.6. The van der Waals surface area contributed by atoms with Crippen molar-refractivity contribution in [3.8, 4) is 0 Å². The zero-order chi connectivity index (χ0) is 13.7. The van der Waals surface area contributed by atoms with Crippen molar-refractivity contribution in [3.63, 3.8) is 0 Å². The van der Waals surface area contributed by atoms with E-state index < -0.39 is 0 Å². The molecule has 0 radical (unpaired) electrons. The maximum absolute atomic E-state index is 11.7. The molecule has 0 aliphatic rings. The summed E-state index contributed by atoms with van der Waals surface area (Å²) >= 11 is 6.02. The van der Waals surface area contributed by atoms with Crippen LogP contribution in [0, 0.1) is 5.92 Å². The highest BCUT2D eigenvalue weighted by Gasteiger charge is 2.12.